The van der Waals surface area contributed by atoms with Gasteiger partial charge in [0.1, 0.15) is 12.7 Å². The van der Waals surface area contributed by atoms with Crippen LogP contribution >= 0.6 is 12.4 Å². The predicted octanol–water partition coefficient (Wildman–Crippen LogP) is 0.308. The second kappa shape index (κ2) is 8.14. The van der Waals surface area contributed by atoms with E-state index in [1.165, 1.54) is 7.11 Å². The minimum absolute atomic E-state index is 0. The van der Waals surface area contributed by atoms with Gasteiger partial charge in [-0.15, -0.1) is 12.4 Å². The molecule has 17 heavy (non-hydrogen) atoms. The molecule has 0 amide bonds. The van der Waals surface area contributed by atoms with Crippen LogP contribution in [0.4, 0.5) is 0 Å². The van der Waals surface area contributed by atoms with Gasteiger partial charge in [-0.25, -0.2) is 0 Å². The van der Waals surface area contributed by atoms with E-state index >= 15 is 0 Å². The Kier molecular flexibility index (Phi) is 7.65. The third kappa shape index (κ3) is 4.79. The summed E-state index contributed by atoms with van der Waals surface area (Å²) in [7, 11) is 1.53. The average Bonchev–Trinajstić information content (AvgIpc) is 2.35. The number of aliphatic hydroxyl groups excluding tert-OH is 2. The zero-order valence-electron chi connectivity index (χ0n) is 9.63. The molecule has 0 aromatic heterocycles. The van der Waals surface area contributed by atoms with Crippen molar-refractivity contribution in [2.24, 2.45) is 5.73 Å². The van der Waals surface area contributed by atoms with Crippen LogP contribution in [0.2, 0.25) is 0 Å². The fourth-order valence-electron chi connectivity index (χ4n) is 1.20. The number of aliphatic hydroxyl groups is 2. The molecule has 0 radical (unpaired) electrons. The Bertz CT molecular complexity index is 335. The van der Waals surface area contributed by atoms with Gasteiger partial charge in [-0.3, -0.25) is 0 Å². The van der Waals surface area contributed by atoms with E-state index in [2.05, 4.69) is 0 Å². The lowest BCUT2D eigenvalue weighted by Crippen LogP contribution is -2.21. The van der Waals surface area contributed by atoms with Gasteiger partial charge < -0.3 is 25.4 Å². The van der Waals surface area contributed by atoms with Gasteiger partial charge in [0.05, 0.1) is 13.7 Å². The Morgan fingerprint density at radius 3 is 2.59 bits per heavy atom. The molecule has 98 valence electrons. The first-order valence-electron chi connectivity index (χ1n) is 5.00. The average molecular weight is 264 g/mol. The maximum absolute atomic E-state index is 9.15. The summed E-state index contributed by atoms with van der Waals surface area (Å²) in [5.74, 6) is 1.08. The van der Waals surface area contributed by atoms with Gasteiger partial charge in [0.2, 0.25) is 0 Å². The van der Waals surface area contributed by atoms with E-state index in [4.69, 9.17) is 25.4 Å². The van der Waals surface area contributed by atoms with Crippen LogP contribution < -0.4 is 15.2 Å². The summed E-state index contributed by atoms with van der Waals surface area (Å²) in [4.78, 5) is 0. The molecule has 1 atom stereocenters. The van der Waals surface area contributed by atoms with Gasteiger partial charge in [0, 0.05) is 6.54 Å². The first-order chi connectivity index (χ1) is 7.71. The molecular formula is C11H18ClNO4. The highest BCUT2D eigenvalue weighted by Gasteiger charge is 2.08. The Hall–Kier alpha value is -1.01. The summed E-state index contributed by atoms with van der Waals surface area (Å²) >= 11 is 0. The number of methoxy groups -OCH3 is 1. The largest absolute Gasteiger partial charge is 0.493 e. The molecule has 0 saturated carbocycles. The van der Waals surface area contributed by atoms with Gasteiger partial charge >= 0.3 is 0 Å². The molecule has 1 rings (SSSR count). The Labute approximate surface area is 107 Å². The number of benzene rings is 1. The number of halogens is 1. The highest BCUT2D eigenvalue weighted by atomic mass is 35.5. The van der Waals surface area contributed by atoms with E-state index in [-0.39, 0.29) is 25.6 Å². The first kappa shape index (κ1) is 16.0. The van der Waals surface area contributed by atoms with Crippen LogP contribution in [0.3, 0.4) is 0 Å². The zero-order chi connectivity index (χ0) is 12.0. The lowest BCUT2D eigenvalue weighted by molar-refractivity contribution is 0.0527. The van der Waals surface area contributed by atoms with Gasteiger partial charge in [-0.05, 0) is 17.7 Å². The number of nitrogens with two attached hydrogens (primary N) is 1. The summed E-state index contributed by atoms with van der Waals surface area (Å²) in [6, 6.07) is 5.33. The van der Waals surface area contributed by atoms with E-state index in [9.17, 15) is 0 Å². The third-order valence-corrected chi connectivity index (χ3v) is 2.11. The van der Waals surface area contributed by atoms with E-state index < -0.39 is 6.10 Å². The molecular weight excluding hydrogens is 246 g/mol. The van der Waals surface area contributed by atoms with Crippen LogP contribution in [0, 0.1) is 0 Å². The number of hydrogen-bond donors (Lipinski definition) is 3. The molecule has 0 saturated heterocycles. The fourth-order valence-corrected chi connectivity index (χ4v) is 1.20. The summed E-state index contributed by atoms with van der Waals surface area (Å²) in [6.45, 7) is 0.119. The van der Waals surface area contributed by atoms with Crippen LogP contribution in [-0.2, 0) is 6.54 Å². The zero-order valence-corrected chi connectivity index (χ0v) is 10.4. The van der Waals surface area contributed by atoms with Crippen molar-refractivity contribution in [3.05, 3.63) is 23.8 Å². The van der Waals surface area contributed by atoms with E-state index in [0.717, 1.165) is 5.56 Å². The molecule has 0 aliphatic rings. The van der Waals surface area contributed by atoms with Crippen molar-refractivity contribution in [2.45, 2.75) is 12.6 Å². The summed E-state index contributed by atoms with van der Waals surface area (Å²) in [5.41, 5.74) is 6.43. The summed E-state index contributed by atoms with van der Waals surface area (Å²) < 4.78 is 10.4. The fraction of sp³-hybridized carbons (Fsp3) is 0.455. The lowest BCUT2D eigenvalue weighted by Gasteiger charge is -2.13. The molecule has 0 aliphatic carbocycles. The van der Waals surface area contributed by atoms with E-state index in [0.29, 0.717) is 18.0 Å². The molecule has 1 unspecified atom stereocenters. The summed E-state index contributed by atoms with van der Waals surface area (Å²) in [6.07, 6.45) is -0.890. The Morgan fingerprint density at radius 1 is 1.35 bits per heavy atom. The van der Waals surface area contributed by atoms with E-state index in [1.807, 2.05) is 6.07 Å². The normalized spacial score (nSPS) is 11.5. The molecule has 5 nitrogen and oxygen atoms in total. The lowest BCUT2D eigenvalue weighted by atomic mass is 10.2. The van der Waals surface area contributed by atoms with Gasteiger partial charge in [-0.2, -0.15) is 0 Å². The van der Waals surface area contributed by atoms with Gasteiger partial charge in [0.15, 0.2) is 11.5 Å². The second-order valence-electron chi connectivity index (χ2n) is 3.34. The number of hydrogen-bond acceptors (Lipinski definition) is 5. The molecule has 0 heterocycles. The van der Waals surface area contributed by atoms with Crippen molar-refractivity contribution in [2.75, 3.05) is 20.3 Å². The quantitative estimate of drug-likeness (QED) is 0.688. The monoisotopic (exact) mass is 263 g/mol. The highest BCUT2D eigenvalue weighted by molar-refractivity contribution is 5.85. The molecule has 4 N–H and O–H groups in total. The van der Waals surface area contributed by atoms with Crippen molar-refractivity contribution in [3.8, 4) is 11.5 Å². The standard InChI is InChI=1S/C11H17NO4.ClH/c1-15-11-4-8(5-12)2-3-10(11)16-7-9(14)6-13;/h2-4,9,13-14H,5-7,12H2,1H3;1H. The van der Waals surface area contributed by atoms with Crippen molar-refractivity contribution >= 4 is 12.4 Å². The van der Waals surface area contributed by atoms with Crippen LogP contribution in [0.5, 0.6) is 11.5 Å². The van der Waals surface area contributed by atoms with E-state index in [1.54, 1.807) is 12.1 Å². The summed E-state index contributed by atoms with van der Waals surface area (Å²) in [5, 5.41) is 17.8. The van der Waals surface area contributed by atoms with Crippen LogP contribution in [-0.4, -0.2) is 36.6 Å². The molecule has 6 heteroatoms. The van der Waals surface area contributed by atoms with Gasteiger partial charge in [-0.1, -0.05) is 6.07 Å². The van der Waals surface area contributed by atoms with Crippen molar-refractivity contribution in [1.29, 1.82) is 0 Å². The maximum atomic E-state index is 9.15. The van der Waals surface area contributed by atoms with Crippen molar-refractivity contribution < 1.29 is 19.7 Å². The SMILES string of the molecule is COc1cc(CN)ccc1OCC(O)CO.Cl. The molecule has 0 fully saturated rings. The third-order valence-electron chi connectivity index (χ3n) is 2.11. The van der Waals surface area contributed by atoms with Crippen LogP contribution in [0.1, 0.15) is 5.56 Å². The van der Waals surface area contributed by atoms with Crippen LogP contribution in [0.15, 0.2) is 18.2 Å². The van der Waals surface area contributed by atoms with Crippen LogP contribution in [0.25, 0.3) is 0 Å². The number of ether oxygens (including phenoxy) is 2. The highest BCUT2D eigenvalue weighted by Crippen LogP contribution is 2.27. The topological polar surface area (TPSA) is 84.9 Å². The predicted molar refractivity (Wildman–Crippen MR) is 66.7 cm³/mol. The molecule has 1 aromatic rings. The molecule has 0 aliphatic heterocycles. The second-order valence-corrected chi connectivity index (χ2v) is 3.34. The Morgan fingerprint density at radius 2 is 2.06 bits per heavy atom. The first-order valence-corrected chi connectivity index (χ1v) is 5.00. The molecule has 1 aromatic carbocycles. The number of rotatable bonds is 6. The van der Waals surface area contributed by atoms with Gasteiger partial charge in [0.25, 0.3) is 0 Å². The minimum Gasteiger partial charge on any atom is -0.493 e. The molecule has 0 bridgehead atoms. The maximum Gasteiger partial charge on any atom is 0.161 e. The smallest absolute Gasteiger partial charge is 0.161 e. The molecule has 0 spiro atoms. The van der Waals surface area contributed by atoms with Crippen molar-refractivity contribution in [3.63, 3.8) is 0 Å². The minimum atomic E-state index is -0.890. The Balaban J connectivity index is 0.00000256. The van der Waals surface area contributed by atoms with Crippen molar-refractivity contribution in [1.82, 2.24) is 0 Å².